The molecule has 0 radical (unpaired) electrons. The van der Waals surface area contributed by atoms with Gasteiger partial charge in [-0.3, -0.25) is 19.3 Å². The Morgan fingerprint density at radius 1 is 1.15 bits per heavy atom. The molecule has 3 aromatic rings. The van der Waals surface area contributed by atoms with Gasteiger partial charge in [-0.25, -0.2) is 4.98 Å². The third-order valence-electron chi connectivity index (χ3n) is 4.68. The molecule has 2 aromatic carbocycles. The predicted molar refractivity (Wildman–Crippen MR) is 104 cm³/mol. The van der Waals surface area contributed by atoms with Crippen molar-refractivity contribution in [2.24, 2.45) is 0 Å². The summed E-state index contributed by atoms with van der Waals surface area (Å²) >= 11 is 1.37. The number of anilines is 1. The van der Waals surface area contributed by atoms with Crippen molar-refractivity contribution < 1.29 is 14.4 Å². The fraction of sp³-hybridized carbons (Fsp3) is 0.200. The number of hydrogen-bond acceptors (Lipinski definition) is 5. The van der Waals surface area contributed by atoms with E-state index in [9.17, 15) is 14.4 Å². The Kier molecular flexibility index (Phi) is 4.24. The first-order chi connectivity index (χ1) is 13.0. The molecule has 0 saturated carbocycles. The van der Waals surface area contributed by atoms with E-state index in [0.717, 1.165) is 21.5 Å². The van der Waals surface area contributed by atoms with Gasteiger partial charge in [0.05, 0.1) is 21.3 Å². The molecule has 27 heavy (non-hydrogen) atoms. The van der Waals surface area contributed by atoms with Gasteiger partial charge < -0.3 is 5.32 Å². The summed E-state index contributed by atoms with van der Waals surface area (Å²) in [5, 5.41) is 3.19. The number of hydrogen-bond donors (Lipinski definition) is 1. The van der Waals surface area contributed by atoms with Crippen molar-refractivity contribution >= 4 is 44.4 Å². The van der Waals surface area contributed by atoms with Crippen molar-refractivity contribution in [3.63, 3.8) is 0 Å². The maximum absolute atomic E-state index is 12.7. The Balaban J connectivity index is 1.55. The van der Waals surface area contributed by atoms with Gasteiger partial charge in [-0.2, -0.15) is 0 Å². The first-order valence-corrected chi connectivity index (χ1v) is 9.48. The molecule has 0 unspecified atom stereocenters. The number of thiazole rings is 1. The zero-order valence-corrected chi connectivity index (χ0v) is 15.7. The molecular weight excluding hydrogens is 362 g/mol. The summed E-state index contributed by atoms with van der Waals surface area (Å²) < 4.78 is 0.984. The SMILES string of the molecule is CCc1ccc2nc(NC(=O)[C@@H](C)N3C(=O)c4ccccc4C3=O)sc2c1. The molecule has 2 heterocycles. The van der Waals surface area contributed by atoms with Crippen molar-refractivity contribution in [1.29, 1.82) is 0 Å². The molecule has 4 rings (SSSR count). The van der Waals surface area contributed by atoms with E-state index in [4.69, 9.17) is 0 Å². The number of benzene rings is 2. The van der Waals surface area contributed by atoms with Crippen LogP contribution in [0, 0.1) is 0 Å². The van der Waals surface area contributed by atoms with Gasteiger partial charge in [0.2, 0.25) is 5.91 Å². The predicted octanol–water partition coefficient (Wildman–Crippen LogP) is 3.48. The van der Waals surface area contributed by atoms with Crippen LogP contribution in [-0.4, -0.2) is 33.6 Å². The highest BCUT2D eigenvalue weighted by molar-refractivity contribution is 7.22. The summed E-state index contributed by atoms with van der Waals surface area (Å²) in [4.78, 5) is 43.1. The molecule has 1 N–H and O–H groups in total. The summed E-state index contributed by atoms with van der Waals surface area (Å²) in [7, 11) is 0. The Hall–Kier alpha value is -3.06. The van der Waals surface area contributed by atoms with E-state index in [1.165, 1.54) is 16.9 Å². The Labute approximate surface area is 159 Å². The minimum atomic E-state index is -0.935. The van der Waals surface area contributed by atoms with Crippen LogP contribution in [-0.2, 0) is 11.2 Å². The Bertz CT molecular complexity index is 1050. The number of nitrogens with zero attached hydrogens (tertiary/aromatic N) is 2. The molecule has 7 heteroatoms. The van der Waals surface area contributed by atoms with E-state index in [1.54, 1.807) is 31.2 Å². The van der Waals surface area contributed by atoms with Crippen molar-refractivity contribution in [3.05, 3.63) is 59.2 Å². The average molecular weight is 379 g/mol. The highest BCUT2D eigenvalue weighted by Crippen LogP contribution is 2.28. The van der Waals surface area contributed by atoms with Crippen LogP contribution in [0.3, 0.4) is 0 Å². The van der Waals surface area contributed by atoms with Gasteiger partial charge in [-0.05, 0) is 43.2 Å². The van der Waals surface area contributed by atoms with Crippen molar-refractivity contribution in [2.75, 3.05) is 5.32 Å². The molecule has 0 saturated heterocycles. The van der Waals surface area contributed by atoms with Crippen LogP contribution in [0.4, 0.5) is 5.13 Å². The van der Waals surface area contributed by atoms with Crippen LogP contribution >= 0.6 is 11.3 Å². The van der Waals surface area contributed by atoms with Gasteiger partial charge in [0.25, 0.3) is 11.8 Å². The van der Waals surface area contributed by atoms with Gasteiger partial charge in [0.1, 0.15) is 6.04 Å². The lowest BCUT2D eigenvalue weighted by atomic mass is 10.1. The van der Waals surface area contributed by atoms with Crippen molar-refractivity contribution in [1.82, 2.24) is 9.88 Å². The summed E-state index contributed by atoms with van der Waals surface area (Å²) in [6.07, 6.45) is 0.923. The minimum absolute atomic E-state index is 0.328. The maximum atomic E-state index is 12.7. The van der Waals surface area contributed by atoms with Crippen LogP contribution in [0.1, 0.15) is 40.1 Å². The highest BCUT2D eigenvalue weighted by atomic mass is 32.1. The lowest BCUT2D eigenvalue weighted by Gasteiger charge is -2.21. The van der Waals surface area contributed by atoms with E-state index in [-0.39, 0.29) is 0 Å². The molecular formula is C20H17N3O3S. The van der Waals surface area contributed by atoms with Gasteiger partial charge in [-0.15, -0.1) is 0 Å². The first kappa shape index (κ1) is 17.4. The van der Waals surface area contributed by atoms with Gasteiger partial charge in [-0.1, -0.05) is 36.5 Å². The second kappa shape index (κ2) is 6.59. The molecule has 0 aliphatic carbocycles. The van der Waals surface area contributed by atoms with E-state index in [1.807, 2.05) is 12.1 Å². The Morgan fingerprint density at radius 2 is 1.81 bits per heavy atom. The topological polar surface area (TPSA) is 79.4 Å². The molecule has 1 aliphatic heterocycles. The normalized spacial score (nSPS) is 14.5. The lowest BCUT2D eigenvalue weighted by molar-refractivity contribution is -0.119. The molecule has 1 atom stereocenters. The number of aryl methyl sites for hydroxylation is 1. The minimum Gasteiger partial charge on any atom is -0.300 e. The molecule has 6 nitrogen and oxygen atoms in total. The van der Waals surface area contributed by atoms with E-state index >= 15 is 0 Å². The van der Waals surface area contributed by atoms with Crippen LogP contribution < -0.4 is 5.32 Å². The number of carbonyl (C=O) groups excluding carboxylic acids is 3. The standard InChI is InChI=1S/C20H17N3O3S/c1-3-12-8-9-15-16(10-12)27-20(21-15)22-17(24)11(2)23-18(25)13-6-4-5-7-14(13)19(23)26/h4-11H,3H2,1-2H3,(H,21,22,24)/t11-/m1/s1. The van der Waals surface area contributed by atoms with E-state index < -0.39 is 23.8 Å². The van der Waals surface area contributed by atoms with Gasteiger partial charge >= 0.3 is 0 Å². The number of nitrogens with one attached hydrogen (secondary N) is 1. The molecule has 3 amide bonds. The zero-order chi connectivity index (χ0) is 19.1. The third-order valence-corrected chi connectivity index (χ3v) is 5.62. The summed E-state index contributed by atoms with van der Waals surface area (Å²) in [5.41, 5.74) is 2.66. The zero-order valence-electron chi connectivity index (χ0n) is 14.9. The van der Waals surface area contributed by atoms with Gasteiger partial charge in [0.15, 0.2) is 5.13 Å². The third kappa shape index (κ3) is 2.90. The molecule has 0 bridgehead atoms. The highest BCUT2D eigenvalue weighted by Gasteiger charge is 2.40. The molecule has 1 aromatic heterocycles. The molecule has 0 fully saturated rings. The number of rotatable bonds is 4. The van der Waals surface area contributed by atoms with Gasteiger partial charge in [0, 0.05) is 0 Å². The molecule has 0 spiro atoms. The number of fused-ring (bicyclic) bond motifs is 2. The maximum Gasteiger partial charge on any atom is 0.262 e. The van der Waals surface area contributed by atoms with Crippen LogP contribution in [0.15, 0.2) is 42.5 Å². The molecule has 1 aliphatic rings. The smallest absolute Gasteiger partial charge is 0.262 e. The number of aromatic nitrogens is 1. The number of amides is 3. The second-order valence-corrected chi connectivity index (χ2v) is 7.40. The Morgan fingerprint density at radius 3 is 2.44 bits per heavy atom. The van der Waals surface area contributed by atoms with Crippen LogP contribution in [0.2, 0.25) is 0 Å². The average Bonchev–Trinajstić information content (AvgIpc) is 3.19. The van der Waals surface area contributed by atoms with E-state index in [2.05, 4.69) is 23.3 Å². The molecule has 136 valence electrons. The lowest BCUT2D eigenvalue weighted by Crippen LogP contribution is -2.45. The fourth-order valence-electron chi connectivity index (χ4n) is 3.13. The largest absolute Gasteiger partial charge is 0.300 e. The first-order valence-electron chi connectivity index (χ1n) is 8.67. The monoisotopic (exact) mass is 379 g/mol. The number of carbonyl (C=O) groups is 3. The van der Waals surface area contributed by atoms with Crippen LogP contribution in [0.25, 0.3) is 10.2 Å². The summed E-state index contributed by atoms with van der Waals surface area (Å²) in [5.74, 6) is -1.34. The van der Waals surface area contributed by atoms with E-state index in [0.29, 0.717) is 16.3 Å². The summed E-state index contributed by atoms with van der Waals surface area (Å²) in [6.45, 7) is 3.62. The van der Waals surface area contributed by atoms with Crippen molar-refractivity contribution in [2.45, 2.75) is 26.3 Å². The van der Waals surface area contributed by atoms with Crippen molar-refractivity contribution in [3.8, 4) is 0 Å². The fourth-order valence-corrected chi connectivity index (χ4v) is 4.06. The van der Waals surface area contributed by atoms with Crippen LogP contribution in [0.5, 0.6) is 0 Å². The summed E-state index contributed by atoms with van der Waals surface area (Å²) in [6, 6.07) is 11.6. The second-order valence-electron chi connectivity index (χ2n) is 6.37. The quantitative estimate of drug-likeness (QED) is 0.704. The number of imide groups is 1.